The van der Waals surface area contributed by atoms with Crippen LogP contribution in [-0.4, -0.2) is 0 Å². The molecule has 3 aromatic carbocycles. The Morgan fingerprint density at radius 2 is 0.553 bits per heavy atom. The molecule has 0 radical (unpaired) electrons. The molecule has 0 bridgehead atoms. The minimum absolute atomic E-state index is 0. The lowest BCUT2D eigenvalue weighted by Crippen LogP contribution is -2.02. The first-order valence-electron chi connectivity index (χ1n) is 9.77. The summed E-state index contributed by atoms with van der Waals surface area (Å²) in [7, 11) is 0. The van der Waals surface area contributed by atoms with Crippen molar-refractivity contribution in [3.63, 3.8) is 0 Å². The van der Waals surface area contributed by atoms with E-state index in [1.54, 1.807) is 13.8 Å². The molecule has 12 heteroatoms. The Balaban J connectivity index is 0. The molecule has 0 nitrogen and oxygen atoms in total. The highest BCUT2D eigenvalue weighted by Gasteiger charge is 2.20. The van der Waals surface area contributed by atoms with E-state index in [1.807, 2.05) is 0 Å². The normalized spacial score (nSPS) is 9.95. The summed E-state index contributed by atoms with van der Waals surface area (Å²) in [4.78, 5) is 0. The molecule has 214 valence electrons. The Morgan fingerprint density at radius 3 is 0.842 bits per heavy atom. The van der Waals surface area contributed by atoms with Crippen molar-refractivity contribution in [3.8, 4) is 0 Å². The molecule has 0 fully saturated rings. The average Bonchev–Trinajstić information content (AvgIpc) is 2.87. The monoisotopic (exact) mass is 646 g/mol. The zero-order valence-corrected chi connectivity index (χ0v) is 23.3. The first-order valence-corrected chi connectivity index (χ1v) is 11.7. The van der Waals surface area contributed by atoms with Crippen molar-refractivity contribution in [1.29, 1.82) is 0 Å². The Hall–Kier alpha value is -1.38. The van der Waals surface area contributed by atoms with Gasteiger partial charge in [-0.2, -0.15) is 0 Å². The van der Waals surface area contributed by atoms with E-state index in [0.29, 0.717) is 20.1 Å². The van der Waals surface area contributed by atoms with E-state index in [9.17, 15) is 30.7 Å². The summed E-state index contributed by atoms with van der Waals surface area (Å²) in [6.07, 6.45) is 0. The van der Waals surface area contributed by atoms with E-state index in [0.717, 1.165) is 25.0 Å². The van der Waals surface area contributed by atoms with Gasteiger partial charge in [-0.25, -0.2) is 30.7 Å². The minimum atomic E-state index is -1.62. The number of halogens is 12. The van der Waals surface area contributed by atoms with Crippen LogP contribution in [0.25, 0.3) is 0 Å². The topological polar surface area (TPSA) is 0 Å². The highest BCUT2D eigenvalue weighted by molar-refractivity contribution is 6.50. The van der Waals surface area contributed by atoms with Gasteiger partial charge in [0, 0.05) is 27.3 Å². The SMILES string of the molecule is C.C.Cc1c(Cl)c(C)c(Cl)c(Cl)c1Cl.Cc1c(F)c(C)c(F)c(Cl)c1F.Cc1c(F)c(C)c(F)c(F)c1F. The van der Waals surface area contributed by atoms with Crippen molar-refractivity contribution in [3.05, 3.63) is 99.2 Å². The number of rotatable bonds is 0. The highest BCUT2D eigenvalue weighted by Crippen LogP contribution is 2.40. The van der Waals surface area contributed by atoms with E-state index in [2.05, 4.69) is 0 Å². The van der Waals surface area contributed by atoms with Gasteiger partial charge < -0.3 is 0 Å². The molecule has 0 aromatic heterocycles. The zero-order valence-electron chi connectivity index (χ0n) is 19.5. The summed E-state index contributed by atoms with van der Waals surface area (Å²) in [6, 6.07) is 0. The molecular formula is C26H26Cl5F7. The lowest BCUT2D eigenvalue weighted by Gasteiger charge is -2.09. The van der Waals surface area contributed by atoms with Gasteiger partial charge in [-0.1, -0.05) is 72.9 Å². The molecule has 3 aromatic rings. The second kappa shape index (κ2) is 15.4. The van der Waals surface area contributed by atoms with Gasteiger partial charge in [0.05, 0.1) is 15.1 Å². The number of hydrogen-bond acceptors (Lipinski definition) is 0. The molecule has 0 unspecified atom stereocenters. The van der Waals surface area contributed by atoms with Crippen LogP contribution in [0, 0.1) is 82.3 Å². The first kappa shape index (κ1) is 38.8. The summed E-state index contributed by atoms with van der Waals surface area (Å²) >= 11 is 28.7. The number of benzene rings is 3. The molecule has 0 saturated carbocycles. The predicted octanol–water partition coefficient (Wildman–Crippen LogP) is 12.4. The quantitative estimate of drug-likeness (QED) is 0.129. The van der Waals surface area contributed by atoms with Gasteiger partial charge in [-0.3, -0.25) is 0 Å². The molecule has 0 heterocycles. The van der Waals surface area contributed by atoms with Crippen LogP contribution in [0.15, 0.2) is 0 Å². The highest BCUT2D eigenvalue weighted by atomic mass is 35.5. The molecule has 0 aliphatic heterocycles. The maximum Gasteiger partial charge on any atom is 0.195 e. The standard InChI is InChI=1S/C8H6Cl4.C8H6ClF3.C8H6F4.2CH4/c1-3-5(9)4(2)7(11)8(12)6(3)10;1-3-6(10)4(2)8(12)5(9)7(3)11;1-3-5(9)4(2)7(11)8(12)6(3)10;;/h3*1-2H3;2*1H4. The molecule has 38 heavy (non-hydrogen) atoms. The van der Waals surface area contributed by atoms with Crippen LogP contribution < -0.4 is 0 Å². The molecule has 0 N–H and O–H groups in total. The molecule has 0 saturated heterocycles. The smallest absolute Gasteiger partial charge is 0.195 e. The lowest BCUT2D eigenvalue weighted by molar-refractivity contribution is 0.423. The molecule has 0 aliphatic rings. The van der Waals surface area contributed by atoms with E-state index in [1.165, 1.54) is 13.8 Å². The Labute approximate surface area is 243 Å². The van der Waals surface area contributed by atoms with Crippen LogP contribution >= 0.6 is 58.0 Å². The van der Waals surface area contributed by atoms with Crippen molar-refractivity contribution < 1.29 is 30.7 Å². The zero-order chi connectivity index (χ0) is 28.4. The third-order valence-corrected chi connectivity index (χ3v) is 7.52. The second-order valence-electron chi connectivity index (χ2n) is 7.52. The maximum atomic E-state index is 12.9. The van der Waals surface area contributed by atoms with Gasteiger partial charge in [0.1, 0.15) is 16.7 Å². The summed E-state index contributed by atoms with van der Waals surface area (Å²) in [5.74, 6) is -8.52. The molecule has 0 aliphatic carbocycles. The van der Waals surface area contributed by atoms with Crippen LogP contribution in [0.5, 0.6) is 0 Å². The van der Waals surface area contributed by atoms with Crippen molar-refractivity contribution in [2.24, 2.45) is 0 Å². The van der Waals surface area contributed by atoms with Gasteiger partial charge in [0.2, 0.25) is 0 Å². The fourth-order valence-electron chi connectivity index (χ4n) is 2.70. The first-order chi connectivity index (χ1) is 16.4. The van der Waals surface area contributed by atoms with Crippen molar-refractivity contribution >= 4 is 58.0 Å². The molecule has 0 atom stereocenters. The van der Waals surface area contributed by atoms with E-state index in [4.69, 9.17) is 58.0 Å². The van der Waals surface area contributed by atoms with E-state index >= 15 is 0 Å². The summed E-state index contributed by atoms with van der Waals surface area (Å²) in [6.45, 7) is 8.14. The number of hydrogen-bond donors (Lipinski definition) is 0. The van der Waals surface area contributed by atoms with Gasteiger partial charge in [0.15, 0.2) is 29.1 Å². The molecule has 0 spiro atoms. The average molecular weight is 649 g/mol. The van der Waals surface area contributed by atoms with Crippen LogP contribution in [-0.2, 0) is 0 Å². The molecule has 3 rings (SSSR count). The van der Waals surface area contributed by atoms with Gasteiger partial charge >= 0.3 is 0 Å². The Kier molecular flexibility index (Phi) is 15.7. The van der Waals surface area contributed by atoms with Gasteiger partial charge in [-0.05, 0) is 52.7 Å². The lowest BCUT2D eigenvalue weighted by atomic mass is 10.1. The van der Waals surface area contributed by atoms with Crippen molar-refractivity contribution in [2.45, 2.75) is 56.4 Å². The van der Waals surface area contributed by atoms with Gasteiger partial charge in [0.25, 0.3) is 0 Å². The fraction of sp³-hybridized carbons (Fsp3) is 0.308. The van der Waals surface area contributed by atoms with Crippen LogP contribution in [0.2, 0.25) is 25.1 Å². The third-order valence-electron chi connectivity index (χ3n) is 5.11. The molecular weight excluding hydrogens is 623 g/mol. The molecule has 0 amide bonds. The van der Waals surface area contributed by atoms with E-state index in [-0.39, 0.29) is 26.0 Å². The Bertz CT molecular complexity index is 849. The van der Waals surface area contributed by atoms with Gasteiger partial charge in [-0.15, -0.1) is 0 Å². The van der Waals surface area contributed by atoms with Crippen molar-refractivity contribution in [2.75, 3.05) is 0 Å². The summed E-state index contributed by atoms with van der Waals surface area (Å²) in [5.41, 5.74) is 0.0473. The largest absolute Gasteiger partial charge is 0.206 e. The summed E-state index contributed by atoms with van der Waals surface area (Å²) in [5, 5.41) is 1.16. The van der Waals surface area contributed by atoms with Crippen LogP contribution in [0.1, 0.15) is 48.2 Å². The minimum Gasteiger partial charge on any atom is -0.206 e. The van der Waals surface area contributed by atoms with E-state index < -0.39 is 56.9 Å². The second-order valence-corrected chi connectivity index (χ2v) is 9.41. The predicted molar refractivity (Wildman–Crippen MR) is 146 cm³/mol. The van der Waals surface area contributed by atoms with Crippen LogP contribution in [0.3, 0.4) is 0 Å². The summed E-state index contributed by atoms with van der Waals surface area (Å²) < 4.78 is 89.0. The Morgan fingerprint density at radius 1 is 0.289 bits per heavy atom. The van der Waals surface area contributed by atoms with Crippen molar-refractivity contribution in [1.82, 2.24) is 0 Å². The van der Waals surface area contributed by atoms with Crippen LogP contribution in [0.4, 0.5) is 30.7 Å². The maximum absolute atomic E-state index is 12.9. The fourth-order valence-corrected chi connectivity index (χ4v) is 3.98. The third kappa shape index (κ3) is 7.85.